The van der Waals surface area contributed by atoms with Gasteiger partial charge in [0.05, 0.1) is 5.92 Å². The Kier molecular flexibility index (Phi) is 6.91. The topological polar surface area (TPSA) is 112 Å². The molecule has 0 heterocycles. The summed E-state index contributed by atoms with van der Waals surface area (Å²) < 4.78 is 0. The minimum Gasteiger partial charge on any atom is -0.481 e. The third kappa shape index (κ3) is 7.78. The van der Waals surface area contributed by atoms with Crippen molar-refractivity contribution in [1.29, 1.82) is 0 Å². The molecule has 0 saturated carbocycles. The van der Waals surface area contributed by atoms with Crippen molar-refractivity contribution in [3.05, 3.63) is 0 Å². The van der Waals surface area contributed by atoms with Crippen LogP contribution in [0.4, 0.5) is 0 Å². The number of carboxylic acid groups (broad SMARTS) is 3. The second kappa shape index (κ2) is 7.67. The van der Waals surface area contributed by atoms with Gasteiger partial charge in [-0.1, -0.05) is 6.42 Å². The van der Waals surface area contributed by atoms with Crippen molar-refractivity contribution in [2.24, 2.45) is 5.92 Å². The van der Waals surface area contributed by atoms with Crippen LogP contribution in [0.2, 0.25) is 0 Å². The Hall–Kier alpha value is -1.59. The van der Waals surface area contributed by atoms with Crippen LogP contribution in [0.3, 0.4) is 0 Å². The van der Waals surface area contributed by atoms with Crippen LogP contribution >= 0.6 is 0 Å². The Morgan fingerprint density at radius 1 is 0.812 bits per heavy atom. The molecule has 0 aliphatic carbocycles. The van der Waals surface area contributed by atoms with E-state index < -0.39 is 23.8 Å². The summed E-state index contributed by atoms with van der Waals surface area (Å²) in [7, 11) is 0. The molecule has 0 aromatic heterocycles. The van der Waals surface area contributed by atoms with Crippen molar-refractivity contribution in [1.82, 2.24) is 0 Å². The highest BCUT2D eigenvalue weighted by molar-refractivity contribution is 5.72. The Bertz CT molecular complexity index is 260. The Morgan fingerprint density at radius 2 is 1.38 bits per heavy atom. The molecule has 1 atom stereocenters. The Morgan fingerprint density at radius 3 is 1.81 bits per heavy atom. The Balaban J connectivity index is 3.81. The normalized spacial score (nSPS) is 12.0. The van der Waals surface area contributed by atoms with E-state index in [1.54, 1.807) is 0 Å². The largest absolute Gasteiger partial charge is 0.481 e. The van der Waals surface area contributed by atoms with Crippen LogP contribution in [0.5, 0.6) is 0 Å². The fraction of sp³-hybridized carbons (Fsp3) is 0.700. The van der Waals surface area contributed by atoms with E-state index in [4.69, 9.17) is 15.3 Å². The molecule has 3 N–H and O–H groups in total. The highest BCUT2D eigenvalue weighted by Crippen LogP contribution is 2.16. The maximum atomic E-state index is 10.7. The van der Waals surface area contributed by atoms with E-state index in [2.05, 4.69) is 0 Å². The van der Waals surface area contributed by atoms with Crippen LogP contribution in [0.25, 0.3) is 0 Å². The summed E-state index contributed by atoms with van der Waals surface area (Å²) in [6.07, 6.45) is 1.18. The predicted octanol–water partition coefficient (Wildman–Crippen LogP) is 1.20. The van der Waals surface area contributed by atoms with Crippen LogP contribution in [-0.2, 0) is 14.4 Å². The molecule has 6 heteroatoms. The van der Waals surface area contributed by atoms with E-state index in [0.717, 1.165) is 0 Å². The molecule has 16 heavy (non-hydrogen) atoms. The summed E-state index contributed by atoms with van der Waals surface area (Å²) in [6.45, 7) is 0. The number of hydrogen-bond acceptors (Lipinski definition) is 3. The van der Waals surface area contributed by atoms with Gasteiger partial charge in [0.25, 0.3) is 0 Å². The van der Waals surface area contributed by atoms with Crippen molar-refractivity contribution in [2.45, 2.75) is 38.5 Å². The van der Waals surface area contributed by atoms with Gasteiger partial charge in [-0.15, -0.1) is 0 Å². The highest BCUT2D eigenvalue weighted by Gasteiger charge is 2.18. The number of rotatable bonds is 9. The molecule has 0 amide bonds. The van der Waals surface area contributed by atoms with Gasteiger partial charge in [0.2, 0.25) is 0 Å². The van der Waals surface area contributed by atoms with Crippen molar-refractivity contribution >= 4 is 17.9 Å². The first kappa shape index (κ1) is 14.4. The maximum absolute atomic E-state index is 10.7. The van der Waals surface area contributed by atoms with Gasteiger partial charge in [-0.25, -0.2) is 0 Å². The zero-order valence-electron chi connectivity index (χ0n) is 8.89. The zero-order valence-corrected chi connectivity index (χ0v) is 8.89. The quantitative estimate of drug-likeness (QED) is 0.515. The number of hydrogen-bond donors (Lipinski definition) is 3. The molecule has 0 bridgehead atoms. The Labute approximate surface area is 92.9 Å². The van der Waals surface area contributed by atoms with Gasteiger partial charge in [-0.05, 0) is 19.3 Å². The van der Waals surface area contributed by atoms with E-state index >= 15 is 0 Å². The molecule has 0 radical (unpaired) electrons. The molecule has 1 unspecified atom stereocenters. The smallest absolute Gasteiger partial charge is 0.306 e. The molecule has 0 fully saturated rings. The van der Waals surface area contributed by atoms with Crippen LogP contribution < -0.4 is 0 Å². The lowest BCUT2D eigenvalue weighted by Crippen LogP contribution is -2.15. The summed E-state index contributed by atoms with van der Waals surface area (Å²) in [5, 5.41) is 25.6. The lowest BCUT2D eigenvalue weighted by molar-refractivity contribution is -0.143. The minimum absolute atomic E-state index is 0.0191. The molecular weight excluding hydrogens is 216 g/mol. The first-order valence-electron chi connectivity index (χ1n) is 5.10. The zero-order chi connectivity index (χ0) is 12.6. The molecule has 0 rings (SSSR count). The first-order chi connectivity index (χ1) is 7.43. The summed E-state index contributed by atoms with van der Waals surface area (Å²) in [5.41, 5.74) is 0. The van der Waals surface area contributed by atoms with Crippen LogP contribution in [0.1, 0.15) is 38.5 Å². The lowest BCUT2D eigenvalue weighted by Gasteiger charge is -2.09. The summed E-state index contributed by atoms with van der Waals surface area (Å²) >= 11 is 0. The predicted molar refractivity (Wildman–Crippen MR) is 54.1 cm³/mol. The average molecular weight is 232 g/mol. The van der Waals surface area contributed by atoms with E-state index in [-0.39, 0.29) is 19.3 Å². The molecular formula is C10H16O6. The van der Waals surface area contributed by atoms with E-state index in [1.807, 2.05) is 0 Å². The molecule has 92 valence electrons. The highest BCUT2D eigenvalue weighted by atomic mass is 16.4. The van der Waals surface area contributed by atoms with Gasteiger partial charge in [0, 0.05) is 12.8 Å². The minimum atomic E-state index is -1.02. The van der Waals surface area contributed by atoms with E-state index in [0.29, 0.717) is 19.3 Å². The van der Waals surface area contributed by atoms with E-state index in [9.17, 15) is 14.4 Å². The van der Waals surface area contributed by atoms with Crippen LogP contribution in [0, 0.1) is 5.92 Å². The third-order valence-electron chi connectivity index (χ3n) is 2.25. The van der Waals surface area contributed by atoms with Gasteiger partial charge in [-0.2, -0.15) is 0 Å². The number of unbranched alkanes of at least 4 members (excludes halogenated alkanes) is 1. The van der Waals surface area contributed by atoms with Gasteiger partial charge >= 0.3 is 17.9 Å². The third-order valence-corrected chi connectivity index (χ3v) is 2.25. The number of carbonyl (C=O) groups is 3. The lowest BCUT2D eigenvalue weighted by atomic mass is 9.96. The molecule has 0 spiro atoms. The second-order valence-electron chi connectivity index (χ2n) is 3.61. The number of carboxylic acids is 3. The maximum Gasteiger partial charge on any atom is 0.306 e. The molecule has 0 aromatic carbocycles. The van der Waals surface area contributed by atoms with Crippen LogP contribution in [-0.4, -0.2) is 33.2 Å². The van der Waals surface area contributed by atoms with Crippen molar-refractivity contribution in [3.63, 3.8) is 0 Å². The van der Waals surface area contributed by atoms with Gasteiger partial charge in [0.1, 0.15) is 0 Å². The monoisotopic (exact) mass is 232 g/mol. The number of aliphatic carboxylic acids is 3. The molecule has 0 aromatic rings. The van der Waals surface area contributed by atoms with Crippen LogP contribution in [0.15, 0.2) is 0 Å². The fourth-order valence-corrected chi connectivity index (χ4v) is 1.36. The molecule has 0 aliphatic rings. The second-order valence-corrected chi connectivity index (χ2v) is 3.61. The van der Waals surface area contributed by atoms with Gasteiger partial charge in [0.15, 0.2) is 0 Å². The fourth-order valence-electron chi connectivity index (χ4n) is 1.36. The standard InChI is InChI=1S/C10H16O6/c11-8(12)4-2-1-3-7(10(15)16)5-6-9(13)14/h7H,1-6H2,(H,11,12)(H,13,14)(H,15,16). The SMILES string of the molecule is O=C(O)CCCCC(CCC(=O)O)C(=O)O. The summed E-state index contributed by atoms with van der Waals surface area (Å²) in [4.78, 5) is 31.2. The van der Waals surface area contributed by atoms with Gasteiger partial charge < -0.3 is 15.3 Å². The first-order valence-corrected chi connectivity index (χ1v) is 5.10. The molecule has 0 aliphatic heterocycles. The summed E-state index contributed by atoms with van der Waals surface area (Å²) in [5.74, 6) is -3.63. The van der Waals surface area contributed by atoms with Crippen molar-refractivity contribution < 1.29 is 29.7 Å². The van der Waals surface area contributed by atoms with Gasteiger partial charge in [-0.3, -0.25) is 14.4 Å². The molecule has 6 nitrogen and oxygen atoms in total. The van der Waals surface area contributed by atoms with E-state index in [1.165, 1.54) is 0 Å². The van der Waals surface area contributed by atoms with Crippen molar-refractivity contribution in [3.8, 4) is 0 Å². The van der Waals surface area contributed by atoms with Crippen molar-refractivity contribution in [2.75, 3.05) is 0 Å². The molecule has 0 saturated heterocycles. The average Bonchev–Trinajstić information content (AvgIpc) is 2.15. The summed E-state index contributed by atoms with van der Waals surface area (Å²) in [6, 6.07) is 0.